The zero-order chi connectivity index (χ0) is 16.3. The monoisotopic (exact) mass is 323 g/mol. The lowest BCUT2D eigenvalue weighted by Gasteiger charge is -2.19. The van der Waals surface area contributed by atoms with Gasteiger partial charge in [0.15, 0.2) is 10.9 Å². The number of likely N-dealkylation sites (N-methyl/N-ethyl adjacent to an activating group) is 1. The second-order valence-electron chi connectivity index (χ2n) is 4.81. The van der Waals surface area contributed by atoms with E-state index in [4.69, 9.17) is 9.52 Å². The number of rotatable bonds is 6. The zero-order valence-electron chi connectivity index (χ0n) is 12.5. The Morgan fingerprint density at radius 2 is 2.23 bits per heavy atom. The molecule has 0 aliphatic rings. The highest BCUT2D eigenvalue weighted by Gasteiger charge is 2.24. The lowest BCUT2D eigenvalue weighted by atomic mass is 10.3. The summed E-state index contributed by atoms with van der Waals surface area (Å²) in [5.41, 5.74) is 0. The fourth-order valence-corrected chi connectivity index (χ4v) is 2.54. The molecule has 2 aromatic heterocycles. The van der Waals surface area contributed by atoms with E-state index in [9.17, 15) is 9.59 Å². The Labute approximate surface area is 131 Å². The van der Waals surface area contributed by atoms with Crippen molar-refractivity contribution in [2.45, 2.75) is 23.9 Å². The predicted molar refractivity (Wildman–Crippen MR) is 80.7 cm³/mol. The van der Waals surface area contributed by atoms with E-state index < -0.39 is 17.9 Å². The third-order valence-corrected chi connectivity index (χ3v) is 4.33. The second kappa shape index (κ2) is 6.69. The predicted octanol–water partition coefficient (Wildman–Crippen LogP) is 1.85. The number of amides is 1. The molecular weight excluding hydrogens is 306 g/mol. The smallest absolute Gasteiger partial charge is 0.326 e. The Kier molecular flexibility index (Phi) is 4.92. The Morgan fingerprint density at radius 1 is 1.50 bits per heavy atom. The first-order valence-electron chi connectivity index (χ1n) is 6.59. The minimum absolute atomic E-state index is 0.131. The molecule has 0 aliphatic carbocycles. The maximum absolute atomic E-state index is 12.1. The number of hydrogen-bond donors (Lipinski definition) is 1. The number of carboxylic acids is 1. The molecule has 2 rings (SSSR count). The SMILES string of the molecule is CC(C(=O)O)N(C)C(=O)c1ccc(CSc2nccn2C)o1. The minimum atomic E-state index is -1.06. The Hall–Kier alpha value is -2.22. The lowest BCUT2D eigenvalue weighted by Crippen LogP contribution is -2.40. The number of carboxylic acid groups (broad SMARTS) is 1. The van der Waals surface area contributed by atoms with Crippen molar-refractivity contribution in [3.8, 4) is 0 Å². The maximum atomic E-state index is 12.1. The molecule has 2 heterocycles. The first kappa shape index (κ1) is 16.2. The van der Waals surface area contributed by atoms with E-state index in [1.54, 1.807) is 18.3 Å². The van der Waals surface area contributed by atoms with Crippen LogP contribution in [0.4, 0.5) is 0 Å². The van der Waals surface area contributed by atoms with Gasteiger partial charge in [-0.1, -0.05) is 11.8 Å². The van der Waals surface area contributed by atoms with Crippen LogP contribution in [0.15, 0.2) is 34.1 Å². The van der Waals surface area contributed by atoms with Gasteiger partial charge in [-0.15, -0.1) is 0 Å². The number of hydrogen-bond acceptors (Lipinski definition) is 5. The van der Waals surface area contributed by atoms with Gasteiger partial charge in [-0.3, -0.25) is 4.79 Å². The van der Waals surface area contributed by atoms with Crippen LogP contribution in [0.3, 0.4) is 0 Å². The number of aryl methyl sites for hydroxylation is 1. The molecule has 7 nitrogen and oxygen atoms in total. The third kappa shape index (κ3) is 3.51. The van der Waals surface area contributed by atoms with Crippen LogP contribution in [-0.4, -0.2) is 44.5 Å². The van der Waals surface area contributed by atoms with Crippen molar-refractivity contribution in [2.24, 2.45) is 7.05 Å². The zero-order valence-corrected chi connectivity index (χ0v) is 13.3. The first-order valence-corrected chi connectivity index (χ1v) is 7.57. The standard InChI is InChI=1S/C14H17N3O4S/c1-9(13(19)20)17(3)12(18)11-5-4-10(21-11)8-22-14-15-6-7-16(14)2/h4-7,9H,8H2,1-3H3,(H,19,20). The van der Waals surface area contributed by atoms with E-state index in [0.29, 0.717) is 11.5 Å². The summed E-state index contributed by atoms with van der Waals surface area (Å²) in [4.78, 5) is 28.4. The van der Waals surface area contributed by atoms with Gasteiger partial charge in [0.1, 0.15) is 11.8 Å². The second-order valence-corrected chi connectivity index (χ2v) is 5.75. The van der Waals surface area contributed by atoms with Crippen LogP contribution < -0.4 is 0 Å². The Bertz CT molecular complexity index is 679. The molecule has 0 aliphatic heterocycles. The van der Waals surface area contributed by atoms with Gasteiger partial charge >= 0.3 is 5.97 Å². The summed E-state index contributed by atoms with van der Waals surface area (Å²) in [7, 11) is 3.33. The molecule has 0 saturated carbocycles. The van der Waals surface area contributed by atoms with Crippen LogP contribution in [0, 0.1) is 0 Å². The van der Waals surface area contributed by atoms with Crippen LogP contribution in [-0.2, 0) is 17.6 Å². The van der Waals surface area contributed by atoms with Crippen LogP contribution in [0.5, 0.6) is 0 Å². The van der Waals surface area contributed by atoms with Crippen LogP contribution in [0.1, 0.15) is 23.2 Å². The van der Waals surface area contributed by atoms with E-state index in [2.05, 4.69) is 4.98 Å². The molecular formula is C14H17N3O4S. The van der Waals surface area contributed by atoms with Crippen molar-refractivity contribution < 1.29 is 19.1 Å². The number of nitrogens with zero attached hydrogens (tertiary/aromatic N) is 3. The Morgan fingerprint density at radius 3 is 2.82 bits per heavy atom. The number of aliphatic carboxylic acids is 1. The number of carbonyl (C=O) groups excluding carboxylic acids is 1. The fourth-order valence-electron chi connectivity index (χ4n) is 1.71. The Balaban J connectivity index is 2.00. The van der Waals surface area contributed by atoms with Gasteiger partial charge in [0.2, 0.25) is 0 Å². The number of carbonyl (C=O) groups is 2. The molecule has 1 unspecified atom stereocenters. The van der Waals surface area contributed by atoms with E-state index >= 15 is 0 Å². The third-order valence-electron chi connectivity index (χ3n) is 3.25. The van der Waals surface area contributed by atoms with Crippen LogP contribution in [0.25, 0.3) is 0 Å². The number of imidazole rings is 1. The molecule has 1 amide bonds. The van der Waals surface area contributed by atoms with Gasteiger partial charge in [0.05, 0.1) is 5.75 Å². The topological polar surface area (TPSA) is 88.6 Å². The largest absolute Gasteiger partial charge is 0.480 e. The first-order chi connectivity index (χ1) is 10.4. The number of furan rings is 1. The van der Waals surface area contributed by atoms with Crippen molar-refractivity contribution in [1.29, 1.82) is 0 Å². The molecule has 1 atom stereocenters. The van der Waals surface area contributed by atoms with Gasteiger partial charge < -0.3 is 19.0 Å². The highest BCUT2D eigenvalue weighted by atomic mass is 32.2. The molecule has 8 heteroatoms. The number of aromatic nitrogens is 2. The molecule has 0 fully saturated rings. The van der Waals surface area contributed by atoms with Crippen LogP contribution >= 0.6 is 11.8 Å². The number of thioether (sulfide) groups is 1. The van der Waals surface area contributed by atoms with Gasteiger partial charge in [-0.05, 0) is 19.1 Å². The van der Waals surface area contributed by atoms with Crippen molar-refractivity contribution >= 4 is 23.6 Å². The minimum Gasteiger partial charge on any atom is -0.480 e. The van der Waals surface area contributed by atoms with E-state index in [1.807, 2.05) is 17.8 Å². The summed E-state index contributed by atoms with van der Waals surface area (Å²) in [5.74, 6) is -0.217. The van der Waals surface area contributed by atoms with Gasteiger partial charge in [-0.2, -0.15) is 0 Å². The van der Waals surface area contributed by atoms with E-state index in [0.717, 1.165) is 10.1 Å². The molecule has 1 N–H and O–H groups in total. The van der Waals surface area contributed by atoms with E-state index in [1.165, 1.54) is 25.7 Å². The van der Waals surface area contributed by atoms with E-state index in [-0.39, 0.29) is 5.76 Å². The molecule has 118 valence electrons. The van der Waals surface area contributed by atoms with Crippen molar-refractivity contribution in [3.63, 3.8) is 0 Å². The average molecular weight is 323 g/mol. The molecule has 0 spiro atoms. The highest BCUT2D eigenvalue weighted by Crippen LogP contribution is 2.22. The summed E-state index contributed by atoms with van der Waals surface area (Å²) in [6, 6.07) is 2.35. The molecule has 2 aromatic rings. The van der Waals surface area contributed by atoms with Crippen molar-refractivity contribution in [1.82, 2.24) is 14.5 Å². The molecule has 0 bridgehead atoms. The van der Waals surface area contributed by atoms with Crippen molar-refractivity contribution in [3.05, 3.63) is 36.0 Å². The molecule has 22 heavy (non-hydrogen) atoms. The van der Waals surface area contributed by atoms with Crippen molar-refractivity contribution in [2.75, 3.05) is 7.05 Å². The van der Waals surface area contributed by atoms with Gasteiger partial charge in [0, 0.05) is 26.5 Å². The quantitative estimate of drug-likeness (QED) is 0.816. The average Bonchev–Trinajstić information content (AvgIpc) is 3.11. The van der Waals surface area contributed by atoms with Crippen LogP contribution in [0.2, 0.25) is 0 Å². The summed E-state index contributed by atoms with van der Waals surface area (Å²) in [6.45, 7) is 1.45. The van der Waals surface area contributed by atoms with Gasteiger partial charge in [0.25, 0.3) is 5.91 Å². The normalized spacial score (nSPS) is 12.1. The van der Waals surface area contributed by atoms with Gasteiger partial charge in [-0.25, -0.2) is 9.78 Å². The molecule has 0 radical (unpaired) electrons. The lowest BCUT2D eigenvalue weighted by molar-refractivity contribution is -0.141. The molecule has 0 aromatic carbocycles. The molecule has 0 saturated heterocycles. The highest BCUT2D eigenvalue weighted by molar-refractivity contribution is 7.98. The summed E-state index contributed by atoms with van der Waals surface area (Å²) in [6.07, 6.45) is 3.56. The maximum Gasteiger partial charge on any atom is 0.326 e. The summed E-state index contributed by atoms with van der Waals surface area (Å²) in [5, 5.41) is 9.78. The summed E-state index contributed by atoms with van der Waals surface area (Å²) >= 11 is 1.49. The fraction of sp³-hybridized carbons (Fsp3) is 0.357. The summed E-state index contributed by atoms with van der Waals surface area (Å²) < 4.78 is 7.38.